The largest absolute Gasteiger partial charge is 0.472 e. The lowest BCUT2D eigenvalue weighted by Gasteiger charge is -2.23. The molecule has 1 aromatic carbocycles. The van der Waals surface area contributed by atoms with E-state index < -0.39 is 28.6 Å². The Hall–Kier alpha value is -3.47. The number of halogens is 5. The second kappa shape index (κ2) is 9.41. The standard InChI is InChI=1S/C22H18ClF4N5O2/c1-2-17(33)32-9-8-12(10-32)34-16-7-6-15-19(30-16)21(29-11-28-15)31-20(22(25,26)27)13-4-3-5-14(23)18(13)24/h2-7,11-12,20H,1,8-10H2,(H,28,29,31)/t12-,20-/m0/s1. The molecule has 0 radical (unpaired) electrons. The number of carbonyl (C=O) groups excluding carboxylic acids is 1. The number of hydrogen-bond donors (Lipinski definition) is 1. The predicted octanol–water partition coefficient (Wildman–Crippen LogP) is 4.70. The van der Waals surface area contributed by atoms with Gasteiger partial charge in [-0.1, -0.05) is 30.3 Å². The number of alkyl halides is 3. The predicted molar refractivity (Wildman–Crippen MR) is 117 cm³/mol. The number of hydrogen-bond acceptors (Lipinski definition) is 6. The molecule has 3 heterocycles. The third kappa shape index (κ3) is 4.89. The van der Waals surface area contributed by atoms with Crippen LogP contribution in [0.25, 0.3) is 11.0 Å². The second-order valence-electron chi connectivity index (χ2n) is 7.52. The van der Waals surface area contributed by atoms with Crippen LogP contribution in [0.1, 0.15) is 18.0 Å². The summed E-state index contributed by atoms with van der Waals surface area (Å²) in [5.41, 5.74) is -0.418. The number of pyridine rings is 1. The smallest absolute Gasteiger partial charge is 0.412 e. The average Bonchev–Trinajstić information content (AvgIpc) is 3.27. The molecular weight excluding hydrogens is 478 g/mol. The van der Waals surface area contributed by atoms with Crippen molar-refractivity contribution >= 4 is 34.4 Å². The van der Waals surface area contributed by atoms with Crippen molar-refractivity contribution in [1.29, 1.82) is 0 Å². The minimum Gasteiger partial charge on any atom is -0.472 e. The minimum atomic E-state index is -4.87. The summed E-state index contributed by atoms with van der Waals surface area (Å²) in [5.74, 6) is -1.54. The zero-order chi connectivity index (χ0) is 24.5. The van der Waals surface area contributed by atoms with E-state index in [2.05, 4.69) is 26.8 Å². The molecule has 34 heavy (non-hydrogen) atoms. The summed E-state index contributed by atoms with van der Waals surface area (Å²) in [5, 5.41) is 1.81. The molecule has 7 nitrogen and oxygen atoms in total. The van der Waals surface area contributed by atoms with Crippen molar-refractivity contribution in [2.45, 2.75) is 24.7 Å². The molecule has 2 atom stereocenters. The van der Waals surface area contributed by atoms with Crippen LogP contribution in [0.2, 0.25) is 5.02 Å². The SMILES string of the molecule is C=CC(=O)N1CC[C@H](Oc2ccc3ncnc(N[C@@H](c4cccc(Cl)c4F)C(F)(F)F)c3n2)C1. The Morgan fingerprint density at radius 1 is 1.29 bits per heavy atom. The molecule has 4 rings (SSSR count). The number of likely N-dealkylation sites (tertiary alicyclic amines) is 1. The lowest BCUT2D eigenvalue weighted by molar-refractivity contribution is -0.144. The van der Waals surface area contributed by atoms with E-state index in [0.29, 0.717) is 19.5 Å². The highest BCUT2D eigenvalue weighted by molar-refractivity contribution is 6.30. The van der Waals surface area contributed by atoms with Crippen LogP contribution < -0.4 is 10.1 Å². The van der Waals surface area contributed by atoms with Gasteiger partial charge in [-0.25, -0.2) is 19.3 Å². The maximum absolute atomic E-state index is 14.4. The van der Waals surface area contributed by atoms with Crippen molar-refractivity contribution < 1.29 is 27.1 Å². The van der Waals surface area contributed by atoms with Gasteiger partial charge in [0, 0.05) is 24.6 Å². The molecule has 1 fully saturated rings. The highest BCUT2D eigenvalue weighted by Crippen LogP contribution is 2.38. The van der Waals surface area contributed by atoms with E-state index in [1.165, 1.54) is 24.3 Å². The van der Waals surface area contributed by atoms with Crippen molar-refractivity contribution in [2.24, 2.45) is 0 Å². The first kappa shape index (κ1) is 23.7. The van der Waals surface area contributed by atoms with Gasteiger partial charge < -0.3 is 15.0 Å². The number of ether oxygens (including phenoxy) is 1. The number of amides is 1. The highest BCUT2D eigenvalue weighted by atomic mass is 35.5. The van der Waals surface area contributed by atoms with Gasteiger partial charge in [0.2, 0.25) is 11.8 Å². The monoisotopic (exact) mass is 495 g/mol. The molecular formula is C22H18ClF4N5O2. The molecule has 3 aromatic rings. The molecule has 0 bridgehead atoms. The number of nitrogens with one attached hydrogen (secondary N) is 1. The number of rotatable bonds is 6. The maximum Gasteiger partial charge on any atom is 0.412 e. The Bertz CT molecular complexity index is 1240. The van der Waals surface area contributed by atoms with Gasteiger partial charge in [0.15, 0.2) is 11.9 Å². The molecule has 0 saturated carbocycles. The Labute approximate surface area is 196 Å². The van der Waals surface area contributed by atoms with E-state index in [9.17, 15) is 22.4 Å². The van der Waals surface area contributed by atoms with E-state index in [1.54, 1.807) is 4.90 Å². The first-order valence-electron chi connectivity index (χ1n) is 10.1. The second-order valence-corrected chi connectivity index (χ2v) is 7.93. The molecule has 0 spiro atoms. The van der Waals surface area contributed by atoms with Gasteiger partial charge in [-0.15, -0.1) is 0 Å². The van der Waals surface area contributed by atoms with Gasteiger partial charge in [-0.05, 0) is 18.2 Å². The van der Waals surface area contributed by atoms with E-state index in [4.69, 9.17) is 16.3 Å². The lowest BCUT2D eigenvalue weighted by Crippen LogP contribution is -2.29. The summed E-state index contributed by atoms with van der Waals surface area (Å²) in [7, 11) is 0. The molecule has 178 valence electrons. The molecule has 0 unspecified atom stereocenters. The maximum atomic E-state index is 14.4. The number of benzene rings is 1. The van der Waals surface area contributed by atoms with Gasteiger partial charge in [0.05, 0.1) is 17.1 Å². The van der Waals surface area contributed by atoms with Crippen molar-refractivity contribution in [3.63, 3.8) is 0 Å². The van der Waals surface area contributed by atoms with Crippen LogP contribution in [0.5, 0.6) is 5.88 Å². The first-order chi connectivity index (χ1) is 16.2. The van der Waals surface area contributed by atoms with Crippen LogP contribution in [0.3, 0.4) is 0 Å². The summed E-state index contributed by atoms with van der Waals surface area (Å²) in [6, 6.07) is 3.98. The summed E-state index contributed by atoms with van der Waals surface area (Å²) in [6.45, 7) is 4.26. The first-order valence-corrected chi connectivity index (χ1v) is 10.5. The van der Waals surface area contributed by atoms with Gasteiger partial charge in [0.1, 0.15) is 23.8 Å². The molecule has 1 aliphatic heterocycles. The van der Waals surface area contributed by atoms with Crippen LogP contribution in [0.15, 0.2) is 49.3 Å². The van der Waals surface area contributed by atoms with Gasteiger partial charge in [-0.2, -0.15) is 13.2 Å². The zero-order valence-corrected chi connectivity index (χ0v) is 18.3. The van der Waals surface area contributed by atoms with Crippen LogP contribution in [-0.4, -0.2) is 51.1 Å². The Morgan fingerprint density at radius 2 is 2.09 bits per heavy atom. The van der Waals surface area contributed by atoms with Crippen LogP contribution in [0, 0.1) is 5.82 Å². The number of carbonyl (C=O) groups is 1. The number of anilines is 1. The fourth-order valence-corrected chi connectivity index (χ4v) is 3.82. The minimum absolute atomic E-state index is 0.00806. The average molecular weight is 496 g/mol. The van der Waals surface area contributed by atoms with Crippen LogP contribution in [0.4, 0.5) is 23.4 Å². The van der Waals surface area contributed by atoms with Crippen molar-refractivity contribution in [3.8, 4) is 5.88 Å². The topological polar surface area (TPSA) is 80.2 Å². The Balaban J connectivity index is 1.64. The van der Waals surface area contributed by atoms with Crippen LogP contribution >= 0.6 is 11.6 Å². The molecule has 0 aliphatic carbocycles. The van der Waals surface area contributed by atoms with E-state index in [0.717, 1.165) is 18.5 Å². The number of aromatic nitrogens is 3. The molecule has 12 heteroatoms. The van der Waals surface area contributed by atoms with E-state index in [1.807, 2.05) is 0 Å². The number of fused-ring (bicyclic) bond motifs is 1. The summed E-state index contributed by atoms with van der Waals surface area (Å²) in [6.07, 6.45) is -2.38. The normalized spacial score (nSPS) is 17.0. The highest BCUT2D eigenvalue weighted by Gasteiger charge is 2.43. The molecule has 1 saturated heterocycles. The Morgan fingerprint density at radius 3 is 2.82 bits per heavy atom. The summed E-state index contributed by atoms with van der Waals surface area (Å²) < 4.78 is 61.9. The summed E-state index contributed by atoms with van der Waals surface area (Å²) in [4.78, 5) is 25.5. The van der Waals surface area contributed by atoms with Crippen LogP contribution in [-0.2, 0) is 4.79 Å². The fourth-order valence-electron chi connectivity index (χ4n) is 3.63. The van der Waals surface area contributed by atoms with Gasteiger partial charge in [0.25, 0.3) is 0 Å². The van der Waals surface area contributed by atoms with E-state index >= 15 is 0 Å². The number of nitrogens with zero attached hydrogens (tertiary/aromatic N) is 4. The molecule has 1 aliphatic rings. The van der Waals surface area contributed by atoms with E-state index in [-0.39, 0.29) is 34.7 Å². The third-order valence-electron chi connectivity index (χ3n) is 5.28. The zero-order valence-electron chi connectivity index (χ0n) is 17.5. The van der Waals surface area contributed by atoms with Gasteiger partial charge >= 0.3 is 6.18 Å². The summed E-state index contributed by atoms with van der Waals surface area (Å²) >= 11 is 5.69. The third-order valence-corrected chi connectivity index (χ3v) is 5.57. The van der Waals surface area contributed by atoms with Crippen molar-refractivity contribution in [3.05, 3.63) is 65.7 Å². The van der Waals surface area contributed by atoms with Crippen molar-refractivity contribution in [2.75, 3.05) is 18.4 Å². The molecule has 2 aromatic heterocycles. The Kier molecular flexibility index (Phi) is 6.56. The van der Waals surface area contributed by atoms with Crippen molar-refractivity contribution in [1.82, 2.24) is 19.9 Å². The molecule has 1 N–H and O–H groups in total. The molecule has 1 amide bonds. The lowest BCUT2D eigenvalue weighted by atomic mass is 10.1. The van der Waals surface area contributed by atoms with Gasteiger partial charge in [-0.3, -0.25) is 4.79 Å². The fraction of sp³-hybridized carbons (Fsp3) is 0.273. The quantitative estimate of drug-likeness (QED) is 0.394.